The van der Waals surface area contributed by atoms with Gasteiger partial charge in [-0.3, -0.25) is 9.48 Å². The van der Waals surface area contributed by atoms with E-state index in [-0.39, 0.29) is 13.0 Å². The van der Waals surface area contributed by atoms with Crippen LogP contribution in [0.1, 0.15) is 19.0 Å². The van der Waals surface area contributed by atoms with Gasteiger partial charge in [-0.1, -0.05) is 0 Å². The molecule has 0 radical (unpaired) electrons. The molecule has 0 saturated heterocycles. The Morgan fingerprint density at radius 3 is 3.07 bits per heavy atom. The maximum Gasteiger partial charge on any atom is 0.305 e. The third-order valence-corrected chi connectivity index (χ3v) is 1.73. The minimum absolute atomic E-state index is 0.0362. The van der Waals surface area contributed by atoms with E-state index in [1.807, 2.05) is 19.2 Å². The fourth-order valence-electron chi connectivity index (χ4n) is 0.993. The van der Waals surface area contributed by atoms with Crippen LogP contribution in [0.2, 0.25) is 0 Å². The second-order valence-corrected chi connectivity index (χ2v) is 2.86. The molecule has 1 rings (SSSR count). The maximum absolute atomic E-state index is 10.2. The molecular weight excluding hydrogens is 184 g/mol. The van der Waals surface area contributed by atoms with Crippen LogP contribution in [0.15, 0.2) is 12.3 Å². The molecule has 0 aromatic carbocycles. The summed E-state index contributed by atoms with van der Waals surface area (Å²) in [4.78, 5) is 10.2. The molecule has 5 nitrogen and oxygen atoms in total. The number of carboxylic acid groups (broad SMARTS) is 1. The van der Waals surface area contributed by atoms with E-state index in [0.29, 0.717) is 6.61 Å². The standard InChI is InChI=1S/C9H14N2O3/c1-2-11-5-3-8(10-11)7-14-6-4-9(12)13/h3,5H,2,4,6-7H2,1H3,(H,12,13). The Hall–Kier alpha value is -1.36. The zero-order chi connectivity index (χ0) is 10.4. The molecule has 5 heteroatoms. The van der Waals surface area contributed by atoms with Crippen LogP contribution in [0.3, 0.4) is 0 Å². The first-order chi connectivity index (χ1) is 6.72. The van der Waals surface area contributed by atoms with Gasteiger partial charge in [-0.25, -0.2) is 0 Å². The Bertz CT molecular complexity index is 296. The molecule has 1 aromatic rings. The topological polar surface area (TPSA) is 64.3 Å². The van der Waals surface area contributed by atoms with Crippen LogP contribution >= 0.6 is 0 Å². The third-order valence-electron chi connectivity index (χ3n) is 1.73. The average molecular weight is 198 g/mol. The highest BCUT2D eigenvalue weighted by atomic mass is 16.5. The second-order valence-electron chi connectivity index (χ2n) is 2.86. The predicted molar refractivity (Wildman–Crippen MR) is 49.8 cm³/mol. The van der Waals surface area contributed by atoms with Crippen molar-refractivity contribution in [3.63, 3.8) is 0 Å². The van der Waals surface area contributed by atoms with Crippen molar-refractivity contribution in [2.75, 3.05) is 6.61 Å². The van der Waals surface area contributed by atoms with E-state index in [4.69, 9.17) is 9.84 Å². The Balaban J connectivity index is 2.21. The highest BCUT2D eigenvalue weighted by Gasteiger charge is 1.99. The highest BCUT2D eigenvalue weighted by Crippen LogP contribution is 1.98. The molecule has 1 N–H and O–H groups in total. The van der Waals surface area contributed by atoms with Gasteiger partial charge < -0.3 is 9.84 Å². The van der Waals surface area contributed by atoms with Gasteiger partial charge in [0.2, 0.25) is 0 Å². The smallest absolute Gasteiger partial charge is 0.305 e. The number of aliphatic carboxylic acids is 1. The SMILES string of the molecule is CCn1ccc(COCCC(=O)O)n1. The Labute approximate surface area is 82.3 Å². The molecule has 0 saturated carbocycles. The first-order valence-electron chi connectivity index (χ1n) is 4.54. The van der Waals surface area contributed by atoms with Crippen molar-refractivity contribution in [2.24, 2.45) is 0 Å². The number of carboxylic acids is 1. The lowest BCUT2D eigenvalue weighted by Gasteiger charge is -1.98. The summed E-state index contributed by atoms with van der Waals surface area (Å²) in [6.07, 6.45) is 1.91. The largest absolute Gasteiger partial charge is 0.481 e. The van der Waals surface area contributed by atoms with Crippen molar-refractivity contribution in [3.05, 3.63) is 18.0 Å². The first-order valence-corrected chi connectivity index (χ1v) is 4.54. The van der Waals surface area contributed by atoms with E-state index in [0.717, 1.165) is 12.2 Å². The third kappa shape index (κ3) is 3.57. The highest BCUT2D eigenvalue weighted by molar-refractivity contribution is 5.66. The number of rotatable bonds is 6. The van der Waals surface area contributed by atoms with Crippen LogP contribution in [-0.2, 0) is 22.7 Å². The summed E-state index contributed by atoms with van der Waals surface area (Å²) in [6.45, 7) is 3.44. The molecule has 0 atom stereocenters. The number of aromatic nitrogens is 2. The number of hydrogen-bond acceptors (Lipinski definition) is 3. The van der Waals surface area contributed by atoms with E-state index in [1.54, 1.807) is 4.68 Å². The predicted octanol–water partition coefficient (Wildman–Crippen LogP) is 0.894. The zero-order valence-electron chi connectivity index (χ0n) is 8.14. The van der Waals surface area contributed by atoms with Crippen LogP contribution < -0.4 is 0 Å². The van der Waals surface area contributed by atoms with Gasteiger partial charge in [0.1, 0.15) is 0 Å². The molecule has 0 amide bonds. The molecule has 0 spiro atoms. The van der Waals surface area contributed by atoms with E-state index >= 15 is 0 Å². The summed E-state index contributed by atoms with van der Waals surface area (Å²) in [6, 6.07) is 1.87. The zero-order valence-corrected chi connectivity index (χ0v) is 8.14. The Morgan fingerprint density at radius 2 is 2.50 bits per heavy atom. The molecule has 14 heavy (non-hydrogen) atoms. The van der Waals surface area contributed by atoms with Gasteiger partial charge in [-0.15, -0.1) is 0 Å². The Kier molecular flexibility index (Phi) is 4.12. The van der Waals surface area contributed by atoms with Gasteiger partial charge in [0, 0.05) is 12.7 Å². The van der Waals surface area contributed by atoms with Crippen LogP contribution in [0.25, 0.3) is 0 Å². The van der Waals surface area contributed by atoms with Crippen molar-refractivity contribution in [3.8, 4) is 0 Å². The van der Waals surface area contributed by atoms with Gasteiger partial charge in [-0.05, 0) is 13.0 Å². The monoisotopic (exact) mass is 198 g/mol. The summed E-state index contributed by atoms with van der Waals surface area (Å²) >= 11 is 0. The molecular formula is C9H14N2O3. The quantitative estimate of drug-likeness (QED) is 0.689. The van der Waals surface area contributed by atoms with Gasteiger partial charge >= 0.3 is 5.97 Å². The number of ether oxygens (including phenoxy) is 1. The molecule has 0 aliphatic carbocycles. The fourth-order valence-corrected chi connectivity index (χ4v) is 0.993. The van der Waals surface area contributed by atoms with Crippen LogP contribution in [-0.4, -0.2) is 27.5 Å². The average Bonchev–Trinajstić information content (AvgIpc) is 2.60. The summed E-state index contributed by atoms with van der Waals surface area (Å²) < 4.78 is 6.93. The van der Waals surface area contributed by atoms with Gasteiger partial charge in [0.05, 0.1) is 25.3 Å². The molecule has 78 valence electrons. The van der Waals surface area contributed by atoms with Crippen molar-refractivity contribution < 1.29 is 14.6 Å². The van der Waals surface area contributed by atoms with Gasteiger partial charge in [0.15, 0.2) is 0 Å². The molecule has 0 aliphatic rings. The van der Waals surface area contributed by atoms with Crippen LogP contribution in [0, 0.1) is 0 Å². The summed E-state index contributed by atoms with van der Waals surface area (Å²) in [5.41, 5.74) is 0.831. The lowest BCUT2D eigenvalue weighted by atomic mass is 10.4. The molecule has 0 unspecified atom stereocenters. The van der Waals surface area contributed by atoms with E-state index in [2.05, 4.69) is 5.10 Å². The lowest BCUT2D eigenvalue weighted by Crippen LogP contribution is -2.03. The first kappa shape index (κ1) is 10.7. The van der Waals surface area contributed by atoms with E-state index in [9.17, 15) is 4.79 Å². The second kappa shape index (κ2) is 5.39. The van der Waals surface area contributed by atoms with Crippen LogP contribution in [0.4, 0.5) is 0 Å². The van der Waals surface area contributed by atoms with Crippen molar-refractivity contribution >= 4 is 5.97 Å². The minimum Gasteiger partial charge on any atom is -0.481 e. The van der Waals surface area contributed by atoms with Crippen molar-refractivity contribution in [2.45, 2.75) is 26.5 Å². The molecule has 1 heterocycles. The Morgan fingerprint density at radius 1 is 1.71 bits per heavy atom. The number of hydrogen-bond donors (Lipinski definition) is 1. The van der Waals surface area contributed by atoms with Crippen molar-refractivity contribution in [1.29, 1.82) is 0 Å². The fraction of sp³-hybridized carbons (Fsp3) is 0.556. The lowest BCUT2D eigenvalue weighted by molar-refractivity contribution is -0.138. The minimum atomic E-state index is -0.843. The molecule has 1 aromatic heterocycles. The van der Waals surface area contributed by atoms with E-state index in [1.165, 1.54) is 0 Å². The van der Waals surface area contributed by atoms with Gasteiger partial charge in [-0.2, -0.15) is 5.10 Å². The summed E-state index contributed by atoms with van der Waals surface area (Å²) in [5.74, 6) is -0.843. The summed E-state index contributed by atoms with van der Waals surface area (Å²) in [7, 11) is 0. The van der Waals surface area contributed by atoms with Gasteiger partial charge in [0.25, 0.3) is 0 Å². The molecule has 0 fully saturated rings. The van der Waals surface area contributed by atoms with E-state index < -0.39 is 5.97 Å². The van der Waals surface area contributed by atoms with Crippen molar-refractivity contribution in [1.82, 2.24) is 9.78 Å². The normalized spacial score (nSPS) is 10.4. The number of aryl methyl sites for hydroxylation is 1. The number of nitrogens with zero attached hydrogens (tertiary/aromatic N) is 2. The number of carbonyl (C=O) groups is 1. The maximum atomic E-state index is 10.2. The molecule has 0 aliphatic heterocycles. The molecule has 0 bridgehead atoms. The van der Waals surface area contributed by atoms with Crippen LogP contribution in [0.5, 0.6) is 0 Å². The summed E-state index contributed by atoms with van der Waals surface area (Å²) in [5, 5.41) is 12.5.